The van der Waals surface area contributed by atoms with Crippen molar-refractivity contribution in [2.45, 2.75) is 19.8 Å². The van der Waals surface area contributed by atoms with Crippen LogP contribution in [0.15, 0.2) is 48.5 Å². The van der Waals surface area contributed by atoms with E-state index in [0.29, 0.717) is 16.9 Å². The molecule has 0 aliphatic rings. The molecule has 0 N–H and O–H groups in total. The van der Waals surface area contributed by atoms with Gasteiger partial charge in [-0.1, -0.05) is 30.3 Å². The summed E-state index contributed by atoms with van der Waals surface area (Å²) in [6, 6.07) is 12.7. The molecule has 0 bridgehead atoms. The molecule has 0 radical (unpaired) electrons. The van der Waals surface area contributed by atoms with Crippen molar-refractivity contribution in [2.75, 3.05) is 0 Å². The van der Waals surface area contributed by atoms with Gasteiger partial charge in [0.2, 0.25) is 0 Å². The van der Waals surface area contributed by atoms with Crippen LogP contribution in [0.5, 0.6) is 5.75 Å². The normalized spacial score (nSPS) is 10.2. The van der Waals surface area contributed by atoms with Gasteiger partial charge >= 0.3 is 5.97 Å². The molecular formula is C17H15FO3. The van der Waals surface area contributed by atoms with Crippen LogP contribution in [0.1, 0.15) is 29.3 Å². The van der Waals surface area contributed by atoms with Crippen molar-refractivity contribution in [3.63, 3.8) is 0 Å². The van der Waals surface area contributed by atoms with Crippen molar-refractivity contribution < 1.29 is 18.7 Å². The van der Waals surface area contributed by atoms with Gasteiger partial charge in [-0.3, -0.25) is 9.59 Å². The van der Waals surface area contributed by atoms with Crippen molar-refractivity contribution in [2.24, 2.45) is 0 Å². The van der Waals surface area contributed by atoms with Crippen molar-refractivity contribution >= 4 is 11.8 Å². The number of ketones is 1. The minimum absolute atomic E-state index is 0.0746. The monoisotopic (exact) mass is 286 g/mol. The number of ether oxygens (including phenoxy) is 1. The summed E-state index contributed by atoms with van der Waals surface area (Å²) in [4.78, 5) is 23.0. The van der Waals surface area contributed by atoms with Gasteiger partial charge in [0.1, 0.15) is 11.6 Å². The first kappa shape index (κ1) is 14.9. The Labute approximate surface area is 122 Å². The van der Waals surface area contributed by atoms with Crippen LogP contribution < -0.4 is 4.74 Å². The minimum Gasteiger partial charge on any atom is -0.426 e. The van der Waals surface area contributed by atoms with E-state index in [1.54, 1.807) is 36.4 Å². The number of hydrogen-bond donors (Lipinski definition) is 0. The van der Waals surface area contributed by atoms with E-state index < -0.39 is 5.97 Å². The first-order chi connectivity index (χ1) is 10.1. The number of esters is 1. The fourth-order valence-corrected chi connectivity index (χ4v) is 1.90. The maximum Gasteiger partial charge on any atom is 0.311 e. The van der Waals surface area contributed by atoms with Gasteiger partial charge in [0.05, 0.1) is 6.42 Å². The van der Waals surface area contributed by atoms with E-state index in [9.17, 15) is 14.0 Å². The van der Waals surface area contributed by atoms with E-state index >= 15 is 0 Å². The summed E-state index contributed by atoms with van der Waals surface area (Å²) < 4.78 is 18.6. The van der Waals surface area contributed by atoms with Gasteiger partial charge in [0, 0.05) is 5.56 Å². The average Bonchev–Trinajstić information content (AvgIpc) is 2.46. The maximum atomic E-state index is 13.4. The molecule has 0 aliphatic carbocycles. The highest BCUT2D eigenvalue weighted by Gasteiger charge is 2.09. The molecule has 21 heavy (non-hydrogen) atoms. The van der Waals surface area contributed by atoms with Gasteiger partial charge in [-0.2, -0.15) is 0 Å². The van der Waals surface area contributed by atoms with Gasteiger partial charge in [-0.25, -0.2) is 4.39 Å². The first-order valence-electron chi connectivity index (χ1n) is 6.61. The van der Waals surface area contributed by atoms with Crippen LogP contribution in [0.25, 0.3) is 0 Å². The molecule has 0 atom stereocenters. The Morgan fingerprint density at radius 2 is 1.86 bits per heavy atom. The van der Waals surface area contributed by atoms with Crippen LogP contribution in [0.4, 0.5) is 4.39 Å². The molecule has 3 nitrogen and oxygen atoms in total. The molecule has 4 heteroatoms. The first-order valence-corrected chi connectivity index (χ1v) is 6.61. The zero-order valence-corrected chi connectivity index (χ0v) is 11.6. The lowest BCUT2D eigenvalue weighted by Gasteiger charge is -2.06. The summed E-state index contributed by atoms with van der Waals surface area (Å²) in [5.74, 6) is -0.566. The second-order valence-electron chi connectivity index (χ2n) is 4.65. The van der Waals surface area contributed by atoms with Crippen LogP contribution >= 0.6 is 0 Å². The number of hydrogen-bond acceptors (Lipinski definition) is 3. The molecule has 0 aliphatic heterocycles. The lowest BCUT2D eigenvalue weighted by molar-refractivity contribution is -0.134. The number of carbonyl (C=O) groups is 2. The third-order valence-corrected chi connectivity index (χ3v) is 3.03. The number of carbonyl (C=O) groups excluding carboxylic acids is 2. The third-order valence-electron chi connectivity index (χ3n) is 3.03. The van der Waals surface area contributed by atoms with Crippen molar-refractivity contribution in [3.05, 3.63) is 65.5 Å². The predicted molar refractivity (Wildman–Crippen MR) is 76.8 cm³/mol. The topological polar surface area (TPSA) is 43.4 Å². The summed E-state index contributed by atoms with van der Waals surface area (Å²) in [7, 11) is 0. The van der Waals surface area contributed by atoms with E-state index in [1.165, 1.54) is 19.1 Å². The van der Waals surface area contributed by atoms with Crippen LogP contribution in [0, 0.1) is 5.82 Å². The van der Waals surface area contributed by atoms with E-state index in [-0.39, 0.29) is 24.4 Å². The molecule has 0 amide bonds. The Hall–Kier alpha value is -2.49. The van der Waals surface area contributed by atoms with Gasteiger partial charge in [0.15, 0.2) is 5.78 Å². The third kappa shape index (κ3) is 4.24. The van der Waals surface area contributed by atoms with Gasteiger partial charge in [-0.15, -0.1) is 0 Å². The molecule has 108 valence electrons. The summed E-state index contributed by atoms with van der Waals surface area (Å²) in [6.07, 6.45) is 0.350. The maximum absolute atomic E-state index is 13.4. The molecule has 0 unspecified atom stereocenters. The van der Waals surface area contributed by atoms with Crippen molar-refractivity contribution in [3.8, 4) is 5.75 Å². The van der Waals surface area contributed by atoms with Gasteiger partial charge < -0.3 is 4.74 Å². The standard InChI is InChI=1S/C17H15FO3/c1-12(19)14-6-4-7-15(11-14)21-17(20)10-9-13-5-2-3-8-16(13)18/h2-8,11H,9-10H2,1H3. The largest absolute Gasteiger partial charge is 0.426 e. The van der Waals surface area contributed by atoms with E-state index in [1.807, 2.05) is 0 Å². The summed E-state index contributed by atoms with van der Waals surface area (Å²) >= 11 is 0. The Morgan fingerprint density at radius 3 is 2.57 bits per heavy atom. The van der Waals surface area contributed by atoms with E-state index in [0.717, 1.165) is 0 Å². The number of rotatable bonds is 5. The highest BCUT2D eigenvalue weighted by molar-refractivity contribution is 5.94. The molecule has 0 saturated carbocycles. The second kappa shape index (κ2) is 6.79. The Balaban J connectivity index is 1.95. The molecule has 0 aromatic heterocycles. The fourth-order valence-electron chi connectivity index (χ4n) is 1.90. The van der Waals surface area contributed by atoms with E-state index in [2.05, 4.69) is 0 Å². The van der Waals surface area contributed by atoms with Gasteiger partial charge in [-0.05, 0) is 37.1 Å². The molecule has 0 spiro atoms. The molecule has 2 aromatic rings. The van der Waals surface area contributed by atoms with Crippen LogP contribution in [0.3, 0.4) is 0 Å². The lowest BCUT2D eigenvalue weighted by Crippen LogP contribution is -2.10. The van der Waals surface area contributed by atoms with Crippen LogP contribution in [0.2, 0.25) is 0 Å². The molecule has 0 heterocycles. The predicted octanol–water partition coefficient (Wildman–Crippen LogP) is 3.57. The average molecular weight is 286 g/mol. The second-order valence-corrected chi connectivity index (χ2v) is 4.65. The smallest absolute Gasteiger partial charge is 0.311 e. The van der Waals surface area contributed by atoms with E-state index in [4.69, 9.17) is 4.74 Å². The Kier molecular flexibility index (Phi) is 4.82. The van der Waals surface area contributed by atoms with Crippen molar-refractivity contribution in [1.82, 2.24) is 0 Å². The highest BCUT2D eigenvalue weighted by atomic mass is 19.1. The Morgan fingerprint density at radius 1 is 1.10 bits per heavy atom. The lowest BCUT2D eigenvalue weighted by atomic mass is 10.1. The molecular weight excluding hydrogens is 271 g/mol. The molecule has 2 aromatic carbocycles. The summed E-state index contributed by atoms with van der Waals surface area (Å²) in [6.45, 7) is 1.44. The Bertz CT molecular complexity index is 665. The number of benzene rings is 2. The van der Waals surface area contributed by atoms with Crippen LogP contribution in [-0.4, -0.2) is 11.8 Å². The number of Topliss-reactive ketones (excluding diaryl/α,β-unsaturated/α-hetero) is 1. The quantitative estimate of drug-likeness (QED) is 0.479. The van der Waals surface area contributed by atoms with Crippen LogP contribution in [-0.2, 0) is 11.2 Å². The molecule has 2 rings (SSSR count). The van der Waals surface area contributed by atoms with Crippen molar-refractivity contribution in [1.29, 1.82) is 0 Å². The minimum atomic E-state index is -0.459. The number of halogens is 1. The summed E-state index contributed by atoms with van der Waals surface area (Å²) in [5, 5.41) is 0. The zero-order valence-electron chi connectivity index (χ0n) is 11.6. The number of aryl methyl sites for hydroxylation is 1. The molecule has 0 fully saturated rings. The highest BCUT2D eigenvalue weighted by Crippen LogP contribution is 2.15. The SMILES string of the molecule is CC(=O)c1cccc(OC(=O)CCc2ccccc2F)c1. The fraction of sp³-hybridized carbons (Fsp3) is 0.176. The zero-order chi connectivity index (χ0) is 15.2. The molecule has 0 saturated heterocycles. The van der Waals surface area contributed by atoms with Gasteiger partial charge in [0.25, 0.3) is 0 Å². The summed E-state index contributed by atoms with van der Waals surface area (Å²) in [5.41, 5.74) is 0.960.